The van der Waals surface area contributed by atoms with Crippen LogP contribution in [0.15, 0.2) is 40.9 Å². The summed E-state index contributed by atoms with van der Waals surface area (Å²) in [4.78, 5) is 0. The summed E-state index contributed by atoms with van der Waals surface area (Å²) in [5, 5.41) is 3.17. The lowest BCUT2D eigenvalue weighted by Gasteiger charge is -2.14. The van der Waals surface area contributed by atoms with Gasteiger partial charge in [0.1, 0.15) is 11.5 Å². The van der Waals surface area contributed by atoms with E-state index in [1.807, 2.05) is 38.2 Å². The number of ether oxygens (including phenoxy) is 1. The van der Waals surface area contributed by atoms with Crippen LogP contribution in [-0.2, 0) is 6.54 Å². The Balaban J connectivity index is 2.34. The normalized spacial score (nSPS) is 10.5. The van der Waals surface area contributed by atoms with Gasteiger partial charge in [0.15, 0.2) is 0 Å². The van der Waals surface area contributed by atoms with Gasteiger partial charge in [-0.2, -0.15) is 0 Å². The highest BCUT2D eigenvalue weighted by Crippen LogP contribution is 2.30. The fourth-order valence-corrected chi connectivity index (χ4v) is 2.28. The molecule has 2 nitrogen and oxygen atoms in total. The lowest BCUT2D eigenvalue weighted by atomic mass is 10.1. The Kier molecular flexibility index (Phi) is 4.61. The molecule has 19 heavy (non-hydrogen) atoms. The maximum Gasteiger partial charge on any atom is 0.131 e. The van der Waals surface area contributed by atoms with Gasteiger partial charge in [-0.05, 0) is 44.7 Å². The van der Waals surface area contributed by atoms with E-state index in [9.17, 15) is 0 Å². The molecular weight excluding hydrogens is 302 g/mol. The van der Waals surface area contributed by atoms with Crippen LogP contribution in [0.2, 0.25) is 0 Å². The number of halogens is 1. The highest BCUT2D eigenvalue weighted by molar-refractivity contribution is 9.10. The summed E-state index contributed by atoms with van der Waals surface area (Å²) >= 11 is 3.48. The summed E-state index contributed by atoms with van der Waals surface area (Å²) < 4.78 is 7.08. The van der Waals surface area contributed by atoms with Crippen molar-refractivity contribution in [1.82, 2.24) is 5.32 Å². The summed E-state index contributed by atoms with van der Waals surface area (Å²) in [5.41, 5.74) is 3.53. The standard InChI is InChI=1S/C16H18BrNO/c1-11-4-7-15(13(8-11)10-18-3)19-16-9-14(17)6-5-12(16)2/h4-9,18H,10H2,1-3H3. The van der Waals surface area contributed by atoms with E-state index in [2.05, 4.69) is 40.3 Å². The van der Waals surface area contributed by atoms with Crippen LogP contribution in [0.3, 0.4) is 0 Å². The second kappa shape index (κ2) is 6.22. The van der Waals surface area contributed by atoms with Gasteiger partial charge in [-0.25, -0.2) is 0 Å². The maximum atomic E-state index is 6.06. The molecule has 0 aromatic heterocycles. The summed E-state index contributed by atoms with van der Waals surface area (Å²) in [7, 11) is 1.94. The van der Waals surface area contributed by atoms with Gasteiger partial charge in [-0.15, -0.1) is 0 Å². The number of aryl methyl sites for hydroxylation is 2. The fourth-order valence-electron chi connectivity index (χ4n) is 1.94. The first kappa shape index (κ1) is 14.1. The molecule has 2 aromatic rings. The van der Waals surface area contributed by atoms with Gasteiger partial charge in [0.2, 0.25) is 0 Å². The van der Waals surface area contributed by atoms with Crippen LogP contribution in [0.25, 0.3) is 0 Å². The zero-order chi connectivity index (χ0) is 13.8. The van der Waals surface area contributed by atoms with E-state index in [1.54, 1.807) is 0 Å². The van der Waals surface area contributed by atoms with Crippen LogP contribution in [0.4, 0.5) is 0 Å². The van der Waals surface area contributed by atoms with E-state index < -0.39 is 0 Å². The van der Waals surface area contributed by atoms with E-state index in [0.717, 1.165) is 28.1 Å². The van der Waals surface area contributed by atoms with Gasteiger partial charge < -0.3 is 10.1 Å². The quantitative estimate of drug-likeness (QED) is 0.890. The minimum absolute atomic E-state index is 0.796. The summed E-state index contributed by atoms with van der Waals surface area (Å²) in [6, 6.07) is 12.3. The van der Waals surface area contributed by atoms with E-state index in [4.69, 9.17) is 4.74 Å². The van der Waals surface area contributed by atoms with Crippen LogP contribution in [0, 0.1) is 13.8 Å². The molecular formula is C16H18BrNO. The Morgan fingerprint density at radius 3 is 2.58 bits per heavy atom. The van der Waals surface area contributed by atoms with Crippen LogP contribution >= 0.6 is 15.9 Å². The topological polar surface area (TPSA) is 21.3 Å². The average molecular weight is 320 g/mol. The van der Waals surface area contributed by atoms with Gasteiger partial charge in [0, 0.05) is 16.6 Å². The van der Waals surface area contributed by atoms with E-state index in [1.165, 1.54) is 11.1 Å². The highest BCUT2D eigenvalue weighted by Gasteiger charge is 2.07. The molecule has 2 aromatic carbocycles. The monoisotopic (exact) mass is 319 g/mol. The molecule has 0 unspecified atom stereocenters. The first-order valence-corrected chi connectivity index (χ1v) is 7.07. The third kappa shape index (κ3) is 3.58. The SMILES string of the molecule is CNCc1cc(C)ccc1Oc1cc(Br)ccc1C. The van der Waals surface area contributed by atoms with Crippen LogP contribution in [-0.4, -0.2) is 7.05 Å². The Morgan fingerprint density at radius 2 is 1.84 bits per heavy atom. The second-order valence-electron chi connectivity index (χ2n) is 4.65. The maximum absolute atomic E-state index is 6.06. The van der Waals surface area contributed by atoms with Crippen molar-refractivity contribution in [2.45, 2.75) is 20.4 Å². The number of benzene rings is 2. The summed E-state index contributed by atoms with van der Waals surface area (Å²) in [6.45, 7) is 4.94. The van der Waals surface area contributed by atoms with Crippen molar-refractivity contribution < 1.29 is 4.74 Å². The van der Waals surface area contributed by atoms with Crippen molar-refractivity contribution in [3.8, 4) is 11.5 Å². The van der Waals surface area contributed by atoms with Crippen LogP contribution < -0.4 is 10.1 Å². The Hall–Kier alpha value is -1.32. The molecule has 0 spiro atoms. The molecule has 0 bridgehead atoms. The van der Waals surface area contributed by atoms with Crippen LogP contribution in [0.5, 0.6) is 11.5 Å². The number of hydrogen-bond acceptors (Lipinski definition) is 2. The van der Waals surface area contributed by atoms with Crippen molar-refractivity contribution in [3.63, 3.8) is 0 Å². The van der Waals surface area contributed by atoms with Gasteiger partial charge in [0.05, 0.1) is 0 Å². The van der Waals surface area contributed by atoms with Crippen molar-refractivity contribution in [2.24, 2.45) is 0 Å². The Labute approximate surface area is 122 Å². The second-order valence-corrected chi connectivity index (χ2v) is 5.57. The third-order valence-electron chi connectivity index (χ3n) is 2.95. The number of hydrogen-bond donors (Lipinski definition) is 1. The molecule has 0 saturated carbocycles. The van der Waals surface area contributed by atoms with Crippen molar-refractivity contribution in [2.75, 3.05) is 7.05 Å². The first-order valence-electron chi connectivity index (χ1n) is 6.28. The molecule has 1 N–H and O–H groups in total. The summed E-state index contributed by atoms with van der Waals surface area (Å²) in [5.74, 6) is 1.79. The van der Waals surface area contributed by atoms with Crippen molar-refractivity contribution in [3.05, 3.63) is 57.6 Å². The smallest absolute Gasteiger partial charge is 0.131 e. The third-order valence-corrected chi connectivity index (χ3v) is 3.45. The van der Waals surface area contributed by atoms with Gasteiger partial charge in [-0.1, -0.05) is 39.7 Å². The first-order chi connectivity index (χ1) is 9.10. The van der Waals surface area contributed by atoms with E-state index in [-0.39, 0.29) is 0 Å². The number of rotatable bonds is 4. The molecule has 0 aliphatic carbocycles. The molecule has 100 valence electrons. The van der Waals surface area contributed by atoms with E-state index >= 15 is 0 Å². The van der Waals surface area contributed by atoms with Gasteiger partial charge in [-0.3, -0.25) is 0 Å². The molecule has 0 fully saturated rings. The zero-order valence-electron chi connectivity index (χ0n) is 11.5. The molecule has 2 rings (SSSR count). The average Bonchev–Trinajstić information content (AvgIpc) is 2.37. The molecule has 0 aliphatic rings. The summed E-state index contributed by atoms with van der Waals surface area (Å²) in [6.07, 6.45) is 0. The predicted molar refractivity (Wildman–Crippen MR) is 82.9 cm³/mol. The Morgan fingerprint density at radius 1 is 1.05 bits per heavy atom. The minimum atomic E-state index is 0.796. The molecule has 0 amide bonds. The largest absolute Gasteiger partial charge is 0.457 e. The lowest BCUT2D eigenvalue weighted by molar-refractivity contribution is 0.470. The molecule has 0 radical (unpaired) electrons. The van der Waals surface area contributed by atoms with Gasteiger partial charge >= 0.3 is 0 Å². The van der Waals surface area contributed by atoms with Crippen molar-refractivity contribution in [1.29, 1.82) is 0 Å². The Bertz CT molecular complexity index is 581. The minimum Gasteiger partial charge on any atom is -0.457 e. The molecule has 0 saturated heterocycles. The molecule has 3 heteroatoms. The lowest BCUT2D eigenvalue weighted by Crippen LogP contribution is -2.06. The highest BCUT2D eigenvalue weighted by atomic mass is 79.9. The van der Waals surface area contributed by atoms with Crippen LogP contribution in [0.1, 0.15) is 16.7 Å². The van der Waals surface area contributed by atoms with Gasteiger partial charge in [0.25, 0.3) is 0 Å². The van der Waals surface area contributed by atoms with E-state index in [0.29, 0.717) is 0 Å². The number of nitrogens with one attached hydrogen (secondary N) is 1. The predicted octanol–water partition coefficient (Wildman–Crippen LogP) is 4.58. The molecule has 0 atom stereocenters. The molecule has 0 aliphatic heterocycles. The molecule has 0 heterocycles. The van der Waals surface area contributed by atoms with Crippen molar-refractivity contribution >= 4 is 15.9 Å². The fraction of sp³-hybridized carbons (Fsp3) is 0.250. The zero-order valence-corrected chi connectivity index (χ0v) is 13.0.